The van der Waals surface area contributed by atoms with Gasteiger partial charge in [-0.3, -0.25) is 0 Å². The number of hydrogen-bond acceptors (Lipinski definition) is 2. The molecule has 0 saturated carbocycles. The van der Waals surface area contributed by atoms with Gasteiger partial charge in [0.1, 0.15) is 17.7 Å². The van der Waals surface area contributed by atoms with Gasteiger partial charge in [-0.05, 0) is 48.9 Å². The van der Waals surface area contributed by atoms with Crippen molar-refractivity contribution in [2.75, 3.05) is 5.73 Å². The van der Waals surface area contributed by atoms with Gasteiger partial charge in [0, 0.05) is 6.07 Å². The van der Waals surface area contributed by atoms with Crippen LogP contribution in [0.3, 0.4) is 0 Å². The topological polar surface area (TPSA) is 35.2 Å². The summed E-state index contributed by atoms with van der Waals surface area (Å²) in [6.45, 7) is 1.72. The zero-order chi connectivity index (χ0) is 14.1. The van der Waals surface area contributed by atoms with Gasteiger partial charge in [-0.2, -0.15) is 0 Å². The highest BCUT2D eigenvalue weighted by Crippen LogP contribution is 2.36. The molecule has 1 atom stereocenters. The molecule has 0 aromatic heterocycles. The molecule has 1 unspecified atom stereocenters. The average Bonchev–Trinajstić information content (AvgIpc) is 2.45. The first-order valence-corrected chi connectivity index (χ1v) is 6.95. The van der Waals surface area contributed by atoms with Crippen molar-refractivity contribution in [3.8, 4) is 5.75 Å². The third kappa shape index (κ3) is 2.36. The molecular weight excluding hydrogens is 253 g/mol. The highest BCUT2D eigenvalue weighted by atomic mass is 19.1. The SMILES string of the molecule is Cc1cc(OC2CCCc3ccccc32)c(N)cc1F. The Morgan fingerprint density at radius 1 is 1.25 bits per heavy atom. The van der Waals surface area contributed by atoms with E-state index < -0.39 is 0 Å². The van der Waals surface area contributed by atoms with Crippen molar-refractivity contribution in [2.45, 2.75) is 32.3 Å². The Kier molecular flexibility index (Phi) is 3.35. The third-order valence-corrected chi connectivity index (χ3v) is 3.87. The maximum atomic E-state index is 13.4. The predicted molar refractivity (Wildman–Crippen MR) is 78.3 cm³/mol. The van der Waals surface area contributed by atoms with Gasteiger partial charge in [0.15, 0.2) is 0 Å². The molecule has 0 bridgehead atoms. The number of halogens is 1. The van der Waals surface area contributed by atoms with Crippen LogP contribution in [0.5, 0.6) is 5.75 Å². The Morgan fingerprint density at radius 2 is 2.05 bits per heavy atom. The number of rotatable bonds is 2. The van der Waals surface area contributed by atoms with E-state index in [9.17, 15) is 4.39 Å². The van der Waals surface area contributed by atoms with E-state index in [1.807, 2.05) is 6.07 Å². The molecule has 1 aliphatic carbocycles. The van der Waals surface area contributed by atoms with Crippen molar-refractivity contribution in [3.05, 3.63) is 58.9 Å². The van der Waals surface area contributed by atoms with Crippen LogP contribution in [-0.4, -0.2) is 0 Å². The number of ether oxygens (including phenoxy) is 1. The molecule has 2 nitrogen and oxygen atoms in total. The monoisotopic (exact) mass is 271 g/mol. The average molecular weight is 271 g/mol. The summed E-state index contributed by atoms with van der Waals surface area (Å²) in [5.41, 5.74) is 9.33. The van der Waals surface area contributed by atoms with E-state index in [2.05, 4.69) is 18.2 Å². The number of fused-ring (bicyclic) bond motifs is 1. The first-order chi connectivity index (χ1) is 9.65. The van der Waals surface area contributed by atoms with Crippen LogP contribution < -0.4 is 10.5 Å². The van der Waals surface area contributed by atoms with E-state index in [1.54, 1.807) is 13.0 Å². The van der Waals surface area contributed by atoms with Crippen LogP contribution in [0.1, 0.15) is 35.6 Å². The second-order valence-electron chi connectivity index (χ2n) is 5.34. The fourth-order valence-corrected chi connectivity index (χ4v) is 2.76. The van der Waals surface area contributed by atoms with Crippen LogP contribution in [0.15, 0.2) is 36.4 Å². The van der Waals surface area contributed by atoms with Crippen molar-refractivity contribution >= 4 is 5.69 Å². The summed E-state index contributed by atoms with van der Waals surface area (Å²) in [7, 11) is 0. The lowest BCUT2D eigenvalue weighted by atomic mass is 9.89. The summed E-state index contributed by atoms with van der Waals surface area (Å²) in [5.74, 6) is 0.282. The summed E-state index contributed by atoms with van der Waals surface area (Å²) in [6.07, 6.45) is 3.16. The van der Waals surface area contributed by atoms with E-state index >= 15 is 0 Å². The van der Waals surface area contributed by atoms with Crippen molar-refractivity contribution in [2.24, 2.45) is 0 Å². The van der Waals surface area contributed by atoms with E-state index in [0.29, 0.717) is 17.0 Å². The molecule has 0 fully saturated rings. The minimum Gasteiger partial charge on any atom is -0.484 e. The normalized spacial score (nSPS) is 17.6. The van der Waals surface area contributed by atoms with Gasteiger partial charge >= 0.3 is 0 Å². The molecule has 3 heteroatoms. The van der Waals surface area contributed by atoms with Crippen molar-refractivity contribution in [3.63, 3.8) is 0 Å². The Bertz CT molecular complexity index is 639. The molecule has 0 spiro atoms. The van der Waals surface area contributed by atoms with E-state index in [0.717, 1.165) is 19.3 Å². The second-order valence-corrected chi connectivity index (χ2v) is 5.34. The summed E-state index contributed by atoms with van der Waals surface area (Å²) in [5, 5.41) is 0. The Hall–Kier alpha value is -2.03. The van der Waals surface area contributed by atoms with Crippen LogP contribution in [0, 0.1) is 12.7 Å². The first kappa shape index (κ1) is 13.0. The fourth-order valence-electron chi connectivity index (χ4n) is 2.76. The van der Waals surface area contributed by atoms with Crippen LogP contribution in [0.2, 0.25) is 0 Å². The maximum Gasteiger partial charge on any atom is 0.143 e. The number of hydrogen-bond donors (Lipinski definition) is 1. The summed E-state index contributed by atoms with van der Waals surface area (Å²) < 4.78 is 19.5. The lowest BCUT2D eigenvalue weighted by Gasteiger charge is -2.27. The third-order valence-electron chi connectivity index (χ3n) is 3.87. The second kappa shape index (κ2) is 5.16. The Labute approximate surface area is 118 Å². The van der Waals surface area contributed by atoms with Crippen molar-refractivity contribution < 1.29 is 9.13 Å². The lowest BCUT2D eigenvalue weighted by molar-refractivity contribution is 0.184. The molecule has 20 heavy (non-hydrogen) atoms. The minimum atomic E-state index is -0.293. The standard InChI is InChI=1S/C17H18FNO/c1-11-9-17(15(19)10-14(11)18)20-16-8-4-6-12-5-2-3-7-13(12)16/h2-3,5,7,9-10,16H,4,6,8,19H2,1H3. The van der Waals surface area contributed by atoms with Gasteiger partial charge in [0.05, 0.1) is 5.69 Å². The van der Waals surface area contributed by atoms with Gasteiger partial charge in [0.25, 0.3) is 0 Å². The van der Waals surface area contributed by atoms with Gasteiger partial charge in [-0.15, -0.1) is 0 Å². The molecular formula is C17H18FNO. The number of nitrogens with two attached hydrogens (primary N) is 1. The van der Waals surface area contributed by atoms with Crippen LogP contribution in [0.25, 0.3) is 0 Å². The molecule has 0 aliphatic heterocycles. The van der Waals surface area contributed by atoms with Crippen molar-refractivity contribution in [1.29, 1.82) is 0 Å². The minimum absolute atomic E-state index is 0.00658. The Balaban J connectivity index is 1.91. The van der Waals surface area contributed by atoms with Gasteiger partial charge in [0.2, 0.25) is 0 Å². The van der Waals surface area contributed by atoms with Gasteiger partial charge in [-0.1, -0.05) is 24.3 Å². The molecule has 2 aromatic rings. The molecule has 0 saturated heterocycles. The van der Waals surface area contributed by atoms with Gasteiger partial charge < -0.3 is 10.5 Å². The molecule has 3 rings (SSSR count). The van der Waals surface area contributed by atoms with E-state index in [1.165, 1.54) is 17.2 Å². The largest absolute Gasteiger partial charge is 0.484 e. The van der Waals surface area contributed by atoms with Crippen LogP contribution >= 0.6 is 0 Å². The quantitative estimate of drug-likeness (QED) is 0.832. The molecule has 2 N–H and O–H groups in total. The first-order valence-electron chi connectivity index (χ1n) is 6.95. The number of aryl methyl sites for hydroxylation is 2. The fraction of sp³-hybridized carbons (Fsp3) is 0.294. The summed E-state index contributed by atoms with van der Waals surface area (Å²) in [6, 6.07) is 11.3. The molecule has 2 aromatic carbocycles. The Morgan fingerprint density at radius 3 is 2.90 bits per heavy atom. The number of benzene rings is 2. The van der Waals surface area contributed by atoms with E-state index in [-0.39, 0.29) is 11.9 Å². The zero-order valence-corrected chi connectivity index (χ0v) is 11.5. The number of nitrogen functional groups attached to an aromatic ring is 1. The van der Waals surface area contributed by atoms with E-state index in [4.69, 9.17) is 10.5 Å². The van der Waals surface area contributed by atoms with Gasteiger partial charge in [-0.25, -0.2) is 4.39 Å². The molecule has 1 aliphatic rings. The summed E-state index contributed by atoms with van der Waals surface area (Å²) >= 11 is 0. The number of anilines is 1. The smallest absolute Gasteiger partial charge is 0.143 e. The molecule has 0 radical (unpaired) electrons. The lowest BCUT2D eigenvalue weighted by Crippen LogP contribution is -2.15. The zero-order valence-electron chi connectivity index (χ0n) is 11.5. The highest BCUT2D eigenvalue weighted by Gasteiger charge is 2.22. The van der Waals surface area contributed by atoms with Crippen molar-refractivity contribution in [1.82, 2.24) is 0 Å². The van der Waals surface area contributed by atoms with Crippen LogP contribution in [0.4, 0.5) is 10.1 Å². The highest BCUT2D eigenvalue weighted by molar-refractivity contribution is 5.54. The molecule has 0 heterocycles. The molecule has 104 valence electrons. The summed E-state index contributed by atoms with van der Waals surface area (Å²) in [4.78, 5) is 0. The predicted octanol–water partition coefficient (Wildman–Crippen LogP) is 4.17. The van der Waals surface area contributed by atoms with Crippen LogP contribution in [-0.2, 0) is 6.42 Å². The molecule has 0 amide bonds. The maximum absolute atomic E-state index is 13.4.